The molecule has 5 heteroatoms. The maximum Gasteiger partial charge on any atom is 0.223 e. The van der Waals surface area contributed by atoms with Gasteiger partial charge in [0, 0.05) is 37.3 Å². The number of nitrogen functional groups attached to an aromatic ring is 1. The highest BCUT2D eigenvalue weighted by Gasteiger charge is 2.25. The van der Waals surface area contributed by atoms with Gasteiger partial charge < -0.3 is 11.1 Å². The molecule has 0 aromatic heterocycles. The molecule has 134 valence electrons. The van der Waals surface area contributed by atoms with Crippen molar-refractivity contribution in [2.24, 2.45) is 5.92 Å². The van der Waals surface area contributed by atoms with Crippen molar-refractivity contribution in [1.82, 2.24) is 10.2 Å². The second-order valence-electron chi connectivity index (χ2n) is 7.14. The van der Waals surface area contributed by atoms with Gasteiger partial charge in [-0.3, -0.25) is 9.69 Å². The van der Waals surface area contributed by atoms with E-state index >= 15 is 0 Å². The van der Waals surface area contributed by atoms with Gasteiger partial charge in [0.05, 0.1) is 0 Å². The maximum atomic E-state index is 12.3. The van der Waals surface area contributed by atoms with E-state index in [4.69, 9.17) is 5.73 Å². The van der Waals surface area contributed by atoms with E-state index in [0.717, 1.165) is 51.0 Å². The highest BCUT2D eigenvalue weighted by atomic mass is 35.5. The lowest BCUT2D eigenvalue weighted by Crippen LogP contribution is -2.46. The van der Waals surface area contributed by atoms with Crippen molar-refractivity contribution in [2.75, 3.05) is 18.8 Å². The summed E-state index contributed by atoms with van der Waals surface area (Å²) in [5.74, 6) is 0.577. The van der Waals surface area contributed by atoms with Gasteiger partial charge in [0.15, 0.2) is 0 Å². The minimum Gasteiger partial charge on any atom is -0.399 e. The molecule has 1 aromatic carbocycles. The SMILES string of the molecule is Cl.Nc1cccc(CN2CCC(NC(=O)C3CCCCC3)CC2)c1. The van der Waals surface area contributed by atoms with Crippen LogP contribution in [-0.2, 0) is 11.3 Å². The predicted molar refractivity (Wildman–Crippen MR) is 101 cm³/mol. The van der Waals surface area contributed by atoms with Crippen LogP contribution >= 0.6 is 12.4 Å². The first-order valence-electron chi connectivity index (χ1n) is 9.08. The Balaban J connectivity index is 0.00000208. The molecule has 1 heterocycles. The molecule has 1 aromatic rings. The van der Waals surface area contributed by atoms with Gasteiger partial charge in [-0.05, 0) is 43.4 Å². The molecule has 3 rings (SSSR count). The van der Waals surface area contributed by atoms with Crippen LogP contribution in [0.3, 0.4) is 0 Å². The smallest absolute Gasteiger partial charge is 0.223 e. The number of carbonyl (C=O) groups excluding carboxylic acids is 1. The molecule has 4 nitrogen and oxygen atoms in total. The van der Waals surface area contributed by atoms with Crippen LogP contribution in [-0.4, -0.2) is 29.9 Å². The lowest BCUT2D eigenvalue weighted by molar-refractivity contribution is -0.127. The summed E-state index contributed by atoms with van der Waals surface area (Å²) in [6, 6.07) is 8.49. The molecule has 1 amide bonds. The van der Waals surface area contributed by atoms with Gasteiger partial charge in [0.1, 0.15) is 0 Å². The fourth-order valence-corrected chi connectivity index (χ4v) is 3.87. The molecule has 0 unspecified atom stereocenters. The number of nitrogens with one attached hydrogen (secondary N) is 1. The Morgan fingerprint density at radius 3 is 2.50 bits per heavy atom. The number of halogens is 1. The number of carbonyl (C=O) groups is 1. The average Bonchev–Trinajstić information content (AvgIpc) is 2.57. The number of amides is 1. The van der Waals surface area contributed by atoms with Crippen LogP contribution in [0.15, 0.2) is 24.3 Å². The maximum absolute atomic E-state index is 12.3. The first kappa shape index (κ1) is 19.1. The molecule has 0 atom stereocenters. The molecular weight excluding hydrogens is 322 g/mol. The molecule has 24 heavy (non-hydrogen) atoms. The van der Waals surface area contributed by atoms with Gasteiger partial charge in [-0.1, -0.05) is 31.4 Å². The van der Waals surface area contributed by atoms with E-state index in [1.165, 1.54) is 24.8 Å². The van der Waals surface area contributed by atoms with Crippen LogP contribution in [0, 0.1) is 5.92 Å². The summed E-state index contributed by atoms with van der Waals surface area (Å²) < 4.78 is 0. The first-order chi connectivity index (χ1) is 11.2. The van der Waals surface area contributed by atoms with Crippen molar-refractivity contribution in [2.45, 2.75) is 57.5 Å². The molecular formula is C19H30ClN3O. The zero-order valence-electron chi connectivity index (χ0n) is 14.4. The van der Waals surface area contributed by atoms with Crippen LogP contribution in [0.5, 0.6) is 0 Å². The van der Waals surface area contributed by atoms with Gasteiger partial charge >= 0.3 is 0 Å². The highest BCUT2D eigenvalue weighted by molar-refractivity contribution is 5.85. The van der Waals surface area contributed by atoms with E-state index < -0.39 is 0 Å². The van der Waals surface area contributed by atoms with Gasteiger partial charge in [0.2, 0.25) is 5.91 Å². The number of nitrogens with two attached hydrogens (primary N) is 1. The van der Waals surface area contributed by atoms with Crippen molar-refractivity contribution in [3.63, 3.8) is 0 Å². The molecule has 1 saturated heterocycles. The second kappa shape index (κ2) is 9.28. The highest BCUT2D eigenvalue weighted by Crippen LogP contribution is 2.24. The quantitative estimate of drug-likeness (QED) is 0.818. The number of anilines is 1. The molecule has 2 aliphatic rings. The summed E-state index contributed by atoms with van der Waals surface area (Å²) in [7, 11) is 0. The summed E-state index contributed by atoms with van der Waals surface area (Å²) in [5, 5.41) is 3.30. The van der Waals surface area contributed by atoms with E-state index in [0.29, 0.717) is 11.9 Å². The lowest BCUT2D eigenvalue weighted by Gasteiger charge is -2.33. The van der Waals surface area contributed by atoms with Crippen molar-refractivity contribution >= 4 is 24.0 Å². The normalized spacial score (nSPS) is 20.3. The Morgan fingerprint density at radius 2 is 1.83 bits per heavy atom. The third kappa shape index (κ3) is 5.38. The van der Waals surface area contributed by atoms with Crippen LogP contribution in [0.25, 0.3) is 0 Å². The average molecular weight is 352 g/mol. The van der Waals surface area contributed by atoms with E-state index in [2.05, 4.69) is 22.3 Å². The largest absolute Gasteiger partial charge is 0.399 e. The molecule has 1 aliphatic carbocycles. The minimum absolute atomic E-state index is 0. The lowest BCUT2D eigenvalue weighted by atomic mass is 9.88. The topological polar surface area (TPSA) is 58.4 Å². The Kier molecular flexibility index (Phi) is 7.38. The molecule has 3 N–H and O–H groups in total. The van der Waals surface area contributed by atoms with E-state index in [9.17, 15) is 4.79 Å². The van der Waals surface area contributed by atoms with E-state index in [-0.39, 0.29) is 18.3 Å². The number of likely N-dealkylation sites (tertiary alicyclic amines) is 1. The predicted octanol–water partition coefficient (Wildman–Crippen LogP) is 3.35. The Hall–Kier alpha value is -1.26. The van der Waals surface area contributed by atoms with E-state index in [1.54, 1.807) is 0 Å². The second-order valence-corrected chi connectivity index (χ2v) is 7.14. The Bertz CT molecular complexity index is 523. The minimum atomic E-state index is 0. The monoisotopic (exact) mass is 351 g/mol. The summed E-state index contributed by atoms with van der Waals surface area (Å²) in [6.45, 7) is 3.04. The summed E-state index contributed by atoms with van der Waals surface area (Å²) in [5.41, 5.74) is 7.95. The van der Waals surface area contributed by atoms with Crippen molar-refractivity contribution in [1.29, 1.82) is 0 Å². The fraction of sp³-hybridized carbons (Fsp3) is 0.632. The Labute approximate surface area is 151 Å². The zero-order valence-corrected chi connectivity index (χ0v) is 15.2. The van der Waals surface area contributed by atoms with Crippen LogP contribution in [0.1, 0.15) is 50.5 Å². The first-order valence-corrected chi connectivity index (χ1v) is 9.08. The van der Waals surface area contributed by atoms with Gasteiger partial charge in [-0.15, -0.1) is 12.4 Å². The molecule has 0 bridgehead atoms. The van der Waals surface area contributed by atoms with E-state index in [1.807, 2.05) is 12.1 Å². The fourth-order valence-electron chi connectivity index (χ4n) is 3.87. The van der Waals surface area contributed by atoms with Crippen LogP contribution in [0.2, 0.25) is 0 Å². The number of benzene rings is 1. The summed E-state index contributed by atoms with van der Waals surface area (Å²) >= 11 is 0. The van der Waals surface area contributed by atoms with Gasteiger partial charge in [0.25, 0.3) is 0 Å². The van der Waals surface area contributed by atoms with Gasteiger partial charge in [-0.2, -0.15) is 0 Å². The number of piperidine rings is 1. The number of nitrogens with zero attached hydrogens (tertiary/aromatic N) is 1. The molecule has 0 spiro atoms. The zero-order chi connectivity index (χ0) is 16.1. The van der Waals surface area contributed by atoms with Crippen LogP contribution in [0.4, 0.5) is 5.69 Å². The third-order valence-electron chi connectivity index (χ3n) is 5.27. The number of rotatable bonds is 4. The summed E-state index contributed by atoms with van der Waals surface area (Å²) in [6.07, 6.45) is 8.02. The molecule has 1 saturated carbocycles. The third-order valence-corrected chi connectivity index (χ3v) is 5.27. The standard InChI is InChI=1S/C19H29N3O.ClH/c20-17-8-4-5-15(13-17)14-22-11-9-18(10-12-22)21-19(23)16-6-2-1-3-7-16;/h4-5,8,13,16,18H,1-3,6-7,9-12,14,20H2,(H,21,23);1H. The number of hydrogen-bond donors (Lipinski definition) is 2. The van der Waals surface area contributed by atoms with Gasteiger partial charge in [-0.25, -0.2) is 0 Å². The molecule has 2 fully saturated rings. The Morgan fingerprint density at radius 1 is 1.12 bits per heavy atom. The summed E-state index contributed by atoms with van der Waals surface area (Å²) in [4.78, 5) is 14.8. The van der Waals surface area contributed by atoms with Crippen molar-refractivity contribution < 1.29 is 4.79 Å². The van der Waals surface area contributed by atoms with Crippen molar-refractivity contribution in [3.05, 3.63) is 29.8 Å². The van der Waals surface area contributed by atoms with Crippen molar-refractivity contribution in [3.8, 4) is 0 Å². The number of hydrogen-bond acceptors (Lipinski definition) is 3. The van der Waals surface area contributed by atoms with Crippen LogP contribution < -0.4 is 11.1 Å². The molecule has 0 radical (unpaired) electrons. The molecule has 1 aliphatic heterocycles.